The highest BCUT2D eigenvalue weighted by molar-refractivity contribution is 7.89. The van der Waals surface area contributed by atoms with Gasteiger partial charge in [0.1, 0.15) is 5.75 Å². The molecule has 8 nitrogen and oxygen atoms in total. The van der Waals surface area contributed by atoms with E-state index in [1.165, 1.54) is 38.2 Å². The molecule has 2 aromatic carbocycles. The Kier molecular flexibility index (Phi) is 7.13. The first-order valence-corrected chi connectivity index (χ1v) is 9.90. The summed E-state index contributed by atoms with van der Waals surface area (Å²) in [6, 6.07) is 13.0. The van der Waals surface area contributed by atoms with Gasteiger partial charge in [0.25, 0.3) is 0 Å². The average Bonchev–Trinajstić information content (AvgIpc) is 2.66. The van der Waals surface area contributed by atoms with Crippen LogP contribution in [0.3, 0.4) is 0 Å². The van der Waals surface area contributed by atoms with Gasteiger partial charge < -0.3 is 15.4 Å². The monoisotopic (exact) mass is 405 g/mol. The van der Waals surface area contributed by atoms with Crippen LogP contribution in [0.2, 0.25) is 0 Å². The van der Waals surface area contributed by atoms with Crippen LogP contribution in [0, 0.1) is 0 Å². The van der Waals surface area contributed by atoms with E-state index in [-0.39, 0.29) is 23.9 Å². The van der Waals surface area contributed by atoms with E-state index >= 15 is 0 Å². The molecule has 0 fully saturated rings. The van der Waals surface area contributed by atoms with E-state index in [4.69, 9.17) is 4.74 Å². The van der Waals surface area contributed by atoms with Crippen LogP contribution < -0.4 is 15.4 Å². The van der Waals surface area contributed by atoms with Crippen molar-refractivity contribution >= 4 is 27.5 Å². The average molecular weight is 405 g/mol. The Bertz CT molecular complexity index is 942. The molecular weight excluding hydrogens is 382 g/mol. The highest BCUT2D eigenvalue weighted by Gasteiger charge is 2.22. The summed E-state index contributed by atoms with van der Waals surface area (Å²) < 4.78 is 31.3. The van der Waals surface area contributed by atoms with Gasteiger partial charge in [-0.25, -0.2) is 8.42 Å². The Morgan fingerprint density at radius 3 is 2.39 bits per heavy atom. The lowest BCUT2D eigenvalue weighted by Crippen LogP contribution is -2.38. The third-order valence-corrected chi connectivity index (χ3v) is 5.69. The van der Waals surface area contributed by atoms with Gasteiger partial charge in [0.05, 0.1) is 18.6 Å². The van der Waals surface area contributed by atoms with E-state index in [9.17, 15) is 18.0 Å². The Hall–Kier alpha value is -2.91. The van der Waals surface area contributed by atoms with E-state index in [1.54, 1.807) is 19.2 Å². The van der Waals surface area contributed by atoms with E-state index in [1.807, 2.05) is 12.1 Å². The first-order valence-electron chi connectivity index (χ1n) is 8.46. The minimum absolute atomic E-state index is 0.0321. The van der Waals surface area contributed by atoms with Crippen LogP contribution in [0.25, 0.3) is 0 Å². The predicted octanol–water partition coefficient (Wildman–Crippen LogP) is 1.59. The van der Waals surface area contributed by atoms with Crippen molar-refractivity contribution < 1.29 is 22.7 Å². The second-order valence-corrected chi connectivity index (χ2v) is 8.14. The Morgan fingerprint density at radius 1 is 1.11 bits per heavy atom. The molecule has 0 saturated carbocycles. The summed E-state index contributed by atoms with van der Waals surface area (Å²) in [6.07, 6.45) is 0. The zero-order valence-corrected chi connectivity index (χ0v) is 16.7. The number of benzene rings is 2. The van der Waals surface area contributed by atoms with Crippen LogP contribution in [0.5, 0.6) is 5.75 Å². The maximum atomic E-state index is 12.6. The summed E-state index contributed by atoms with van der Waals surface area (Å²) in [6.45, 7) is 1.30. The van der Waals surface area contributed by atoms with Crippen LogP contribution in [-0.2, 0) is 26.2 Å². The molecule has 2 N–H and O–H groups in total. The topological polar surface area (TPSA) is 105 Å². The summed E-state index contributed by atoms with van der Waals surface area (Å²) in [7, 11) is -0.942. The quantitative estimate of drug-likeness (QED) is 0.694. The Labute approximate surface area is 164 Å². The minimum Gasteiger partial charge on any atom is -0.497 e. The van der Waals surface area contributed by atoms with Gasteiger partial charge in [0, 0.05) is 26.2 Å². The van der Waals surface area contributed by atoms with Crippen molar-refractivity contribution in [2.75, 3.05) is 26.0 Å². The van der Waals surface area contributed by atoms with Crippen molar-refractivity contribution in [1.29, 1.82) is 0 Å². The third kappa shape index (κ3) is 5.80. The molecule has 0 radical (unpaired) electrons. The zero-order valence-electron chi connectivity index (χ0n) is 15.9. The smallest absolute Gasteiger partial charge is 0.243 e. The number of hydrogen-bond acceptors (Lipinski definition) is 5. The number of likely N-dealkylation sites (N-methyl/N-ethyl adjacent to an activating group) is 1. The molecule has 0 aliphatic rings. The molecule has 28 heavy (non-hydrogen) atoms. The van der Waals surface area contributed by atoms with E-state index in [0.29, 0.717) is 11.4 Å². The van der Waals surface area contributed by atoms with Crippen LogP contribution in [0.4, 0.5) is 5.69 Å². The van der Waals surface area contributed by atoms with Gasteiger partial charge in [-0.05, 0) is 42.0 Å². The summed E-state index contributed by atoms with van der Waals surface area (Å²) in [5.41, 5.74) is 1.33. The van der Waals surface area contributed by atoms with E-state index in [0.717, 1.165) is 9.87 Å². The second kappa shape index (κ2) is 9.34. The van der Waals surface area contributed by atoms with Crippen molar-refractivity contribution in [3.05, 3.63) is 54.1 Å². The standard InChI is InChI=1S/C19H23N3O5S/c1-14(23)21-16-7-9-18(10-8-16)28(25,26)22(2)13-19(24)20-12-15-5-4-6-17(11-15)27-3/h4-11H,12-13H2,1-3H3,(H,20,24)(H,21,23). The van der Waals surface area contributed by atoms with Crippen molar-refractivity contribution in [2.45, 2.75) is 18.4 Å². The van der Waals surface area contributed by atoms with Crippen LogP contribution >= 0.6 is 0 Å². The number of methoxy groups -OCH3 is 1. The summed E-state index contributed by atoms with van der Waals surface area (Å²) in [5, 5.41) is 5.25. The molecule has 0 spiro atoms. The lowest BCUT2D eigenvalue weighted by molar-refractivity contribution is -0.121. The molecule has 0 heterocycles. The number of rotatable bonds is 8. The second-order valence-electron chi connectivity index (χ2n) is 6.09. The van der Waals surface area contributed by atoms with Gasteiger partial charge in [-0.3, -0.25) is 9.59 Å². The molecule has 0 aromatic heterocycles. The first-order chi connectivity index (χ1) is 13.2. The number of nitrogens with one attached hydrogen (secondary N) is 2. The SMILES string of the molecule is COc1cccc(CNC(=O)CN(C)S(=O)(=O)c2ccc(NC(C)=O)cc2)c1. The van der Waals surface area contributed by atoms with Crippen LogP contribution in [0.1, 0.15) is 12.5 Å². The maximum Gasteiger partial charge on any atom is 0.243 e. The molecule has 0 atom stereocenters. The minimum atomic E-state index is -3.83. The number of sulfonamides is 1. The molecular formula is C19H23N3O5S. The number of ether oxygens (including phenoxy) is 1. The largest absolute Gasteiger partial charge is 0.497 e. The van der Waals surface area contributed by atoms with Crippen molar-refractivity contribution in [1.82, 2.24) is 9.62 Å². The van der Waals surface area contributed by atoms with Crippen LogP contribution in [0.15, 0.2) is 53.4 Å². The molecule has 0 bridgehead atoms. The molecule has 2 amide bonds. The summed E-state index contributed by atoms with van der Waals surface area (Å²) >= 11 is 0. The molecule has 0 unspecified atom stereocenters. The number of anilines is 1. The number of carbonyl (C=O) groups excluding carboxylic acids is 2. The molecule has 0 aliphatic carbocycles. The highest BCUT2D eigenvalue weighted by atomic mass is 32.2. The summed E-state index contributed by atoms with van der Waals surface area (Å²) in [4.78, 5) is 23.2. The van der Waals surface area contributed by atoms with Gasteiger partial charge in [0.15, 0.2) is 0 Å². The number of nitrogens with zero attached hydrogens (tertiary/aromatic N) is 1. The number of carbonyl (C=O) groups is 2. The lowest BCUT2D eigenvalue weighted by atomic mass is 10.2. The van der Waals surface area contributed by atoms with E-state index < -0.39 is 15.9 Å². The van der Waals surface area contributed by atoms with Gasteiger partial charge >= 0.3 is 0 Å². The fourth-order valence-corrected chi connectivity index (χ4v) is 3.55. The molecule has 0 aliphatic heterocycles. The van der Waals surface area contributed by atoms with E-state index in [2.05, 4.69) is 10.6 Å². The predicted molar refractivity (Wildman–Crippen MR) is 105 cm³/mol. The molecule has 2 aromatic rings. The zero-order chi connectivity index (χ0) is 20.7. The summed E-state index contributed by atoms with van der Waals surface area (Å²) in [5.74, 6) is -0.00153. The Balaban J connectivity index is 1.96. The van der Waals surface area contributed by atoms with Crippen molar-refractivity contribution in [3.8, 4) is 5.75 Å². The Morgan fingerprint density at radius 2 is 1.79 bits per heavy atom. The first kappa shape index (κ1) is 21.4. The molecule has 2 rings (SSSR count). The van der Waals surface area contributed by atoms with Crippen molar-refractivity contribution in [2.24, 2.45) is 0 Å². The van der Waals surface area contributed by atoms with Gasteiger partial charge in [0.2, 0.25) is 21.8 Å². The lowest BCUT2D eigenvalue weighted by Gasteiger charge is -2.17. The van der Waals surface area contributed by atoms with Crippen molar-refractivity contribution in [3.63, 3.8) is 0 Å². The van der Waals surface area contributed by atoms with Gasteiger partial charge in [-0.1, -0.05) is 12.1 Å². The number of amides is 2. The molecule has 0 saturated heterocycles. The third-order valence-electron chi connectivity index (χ3n) is 3.87. The fourth-order valence-electron chi connectivity index (χ4n) is 2.42. The normalized spacial score (nSPS) is 11.1. The molecule has 9 heteroatoms. The maximum absolute atomic E-state index is 12.6. The van der Waals surface area contributed by atoms with Gasteiger partial charge in [-0.2, -0.15) is 4.31 Å². The fraction of sp³-hybridized carbons (Fsp3) is 0.263. The highest BCUT2D eigenvalue weighted by Crippen LogP contribution is 2.17. The van der Waals surface area contributed by atoms with Crippen LogP contribution in [-0.4, -0.2) is 45.2 Å². The van der Waals surface area contributed by atoms with Gasteiger partial charge in [-0.15, -0.1) is 0 Å². The number of hydrogen-bond donors (Lipinski definition) is 2. The molecule has 150 valence electrons.